The Balaban J connectivity index is 1.73. The Morgan fingerprint density at radius 2 is 2.39 bits per heavy atom. The van der Waals surface area contributed by atoms with Crippen LogP contribution >= 0.6 is 11.3 Å². The van der Waals surface area contributed by atoms with Gasteiger partial charge in [0.15, 0.2) is 0 Å². The van der Waals surface area contributed by atoms with Crippen molar-refractivity contribution in [3.8, 4) is 0 Å². The molecule has 0 aromatic carbocycles. The van der Waals surface area contributed by atoms with Crippen molar-refractivity contribution < 1.29 is 9.53 Å². The van der Waals surface area contributed by atoms with Crippen molar-refractivity contribution in [2.45, 2.75) is 12.8 Å². The summed E-state index contributed by atoms with van der Waals surface area (Å²) in [6.07, 6.45) is 2.62. The summed E-state index contributed by atoms with van der Waals surface area (Å²) in [6.45, 7) is 2.29. The molecule has 1 aliphatic carbocycles. The van der Waals surface area contributed by atoms with Crippen LogP contribution in [0.2, 0.25) is 0 Å². The zero-order chi connectivity index (χ0) is 13.0. The first-order valence-corrected chi connectivity index (χ1v) is 6.95. The largest absolute Gasteiger partial charge is 0.397 e. The summed E-state index contributed by atoms with van der Waals surface area (Å²) in [5.41, 5.74) is 6.29. The molecular formula is C12H19N3O2S. The molecule has 0 atom stereocenters. The van der Waals surface area contributed by atoms with Gasteiger partial charge in [0.2, 0.25) is 0 Å². The van der Waals surface area contributed by atoms with E-state index in [2.05, 4.69) is 10.6 Å². The van der Waals surface area contributed by atoms with Crippen molar-refractivity contribution in [1.82, 2.24) is 5.32 Å². The van der Waals surface area contributed by atoms with Gasteiger partial charge in [-0.15, -0.1) is 11.3 Å². The number of carbonyl (C=O) groups excluding carboxylic acids is 1. The van der Waals surface area contributed by atoms with E-state index in [0.717, 1.165) is 24.1 Å². The normalized spacial score (nSPS) is 14.5. The second-order valence-corrected chi connectivity index (χ2v) is 5.47. The molecule has 1 aromatic heterocycles. The predicted molar refractivity (Wildman–Crippen MR) is 74.2 cm³/mol. The molecule has 0 radical (unpaired) electrons. The van der Waals surface area contributed by atoms with Crippen LogP contribution in [-0.2, 0) is 4.74 Å². The van der Waals surface area contributed by atoms with Gasteiger partial charge in [-0.05, 0) is 24.8 Å². The molecule has 0 bridgehead atoms. The zero-order valence-electron chi connectivity index (χ0n) is 10.5. The van der Waals surface area contributed by atoms with Gasteiger partial charge in [-0.25, -0.2) is 0 Å². The lowest BCUT2D eigenvalue weighted by molar-refractivity contribution is 0.0968. The van der Waals surface area contributed by atoms with Crippen LogP contribution in [0, 0.1) is 5.92 Å². The summed E-state index contributed by atoms with van der Waals surface area (Å²) in [5.74, 6) is 0.651. The Morgan fingerprint density at radius 3 is 3.06 bits per heavy atom. The van der Waals surface area contributed by atoms with E-state index in [0.29, 0.717) is 17.2 Å². The summed E-state index contributed by atoms with van der Waals surface area (Å²) in [7, 11) is 1.60. The van der Waals surface area contributed by atoms with Gasteiger partial charge in [0.05, 0.1) is 17.3 Å². The lowest BCUT2D eigenvalue weighted by atomic mass is 10.4. The summed E-state index contributed by atoms with van der Waals surface area (Å²) in [6, 6.07) is 1.79. The summed E-state index contributed by atoms with van der Waals surface area (Å²) < 4.78 is 5.52. The number of amides is 1. The van der Waals surface area contributed by atoms with Crippen molar-refractivity contribution in [1.29, 1.82) is 0 Å². The number of hydrogen-bond acceptors (Lipinski definition) is 5. The first-order chi connectivity index (χ1) is 8.70. The Bertz CT molecular complexity index is 415. The molecule has 0 spiro atoms. The third kappa shape index (κ3) is 3.61. The summed E-state index contributed by atoms with van der Waals surface area (Å²) in [5, 5.41) is 6.69. The van der Waals surface area contributed by atoms with Gasteiger partial charge < -0.3 is 21.1 Å². The molecule has 2 rings (SSSR count). The highest BCUT2D eigenvalue weighted by molar-refractivity contribution is 7.18. The molecule has 0 unspecified atom stereocenters. The fourth-order valence-electron chi connectivity index (χ4n) is 1.56. The Labute approximate surface area is 111 Å². The number of thiophene rings is 1. The number of nitrogen functional groups attached to an aromatic ring is 1. The van der Waals surface area contributed by atoms with E-state index in [1.54, 1.807) is 13.1 Å². The van der Waals surface area contributed by atoms with E-state index in [1.165, 1.54) is 24.2 Å². The predicted octanol–water partition coefficient (Wildman–Crippen LogP) is 1.53. The molecule has 0 aliphatic heterocycles. The van der Waals surface area contributed by atoms with Crippen LogP contribution in [0.1, 0.15) is 22.5 Å². The molecule has 1 aromatic rings. The minimum atomic E-state index is -0.143. The second-order valence-electron chi connectivity index (χ2n) is 4.42. The van der Waals surface area contributed by atoms with Gasteiger partial charge in [0.1, 0.15) is 4.88 Å². The minimum absolute atomic E-state index is 0.143. The Kier molecular flexibility index (Phi) is 4.43. The van der Waals surface area contributed by atoms with Gasteiger partial charge >= 0.3 is 0 Å². The Morgan fingerprint density at radius 1 is 1.61 bits per heavy atom. The monoisotopic (exact) mass is 269 g/mol. The molecule has 5 nitrogen and oxygen atoms in total. The fourth-order valence-corrected chi connectivity index (χ4v) is 2.52. The van der Waals surface area contributed by atoms with E-state index < -0.39 is 0 Å². The van der Waals surface area contributed by atoms with Gasteiger partial charge in [0, 0.05) is 20.2 Å². The quantitative estimate of drug-likeness (QED) is 0.656. The fraction of sp³-hybridized carbons (Fsp3) is 0.583. The van der Waals surface area contributed by atoms with E-state index in [9.17, 15) is 4.79 Å². The molecule has 1 fully saturated rings. The zero-order valence-corrected chi connectivity index (χ0v) is 11.3. The molecule has 1 saturated carbocycles. The molecule has 1 heterocycles. The second kappa shape index (κ2) is 6.06. The molecule has 0 saturated heterocycles. The average Bonchev–Trinajstić information content (AvgIpc) is 3.11. The summed E-state index contributed by atoms with van der Waals surface area (Å²) in [4.78, 5) is 12.0. The first-order valence-electron chi connectivity index (χ1n) is 6.13. The van der Waals surface area contributed by atoms with Gasteiger partial charge in [0.25, 0.3) is 5.91 Å². The van der Waals surface area contributed by atoms with Crippen molar-refractivity contribution in [2.24, 2.45) is 5.92 Å². The molecule has 6 heteroatoms. The molecule has 18 heavy (non-hydrogen) atoms. The van der Waals surface area contributed by atoms with Crippen molar-refractivity contribution in [3.63, 3.8) is 0 Å². The van der Waals surface area contributed by atoms with Crippen LogP contribution in [0.15, 0.2) is 6.07 Å². The highest BCUT2D eigenvalue weighted by Crippen LogP contribution is 2.29. The molecule has 100 valence electrons. The standard InChI is InChI=1S/C12H19N3O2S/c1-14-12(16)11-9(13)6-10(18-11)15-4-5-17-7-8-2-3-8/h6,8,15H,2-5,7,13H2,1H3,(H,14,16). The van der Waals surface area contributed by atoms with Gasteiger partial charge in [-0.3, -0.25) is 4.79 Å². The number of hydrogen-bond donors (Lipinski definition) is 3. The maximum atomic E-state index is 11.5. The average molecular weight is 269 g/mol. The SMILES string of the molecule is CNC(=O)c1sc(NCCOCC2CC2)cc1N. The summed E-state index contributed by atoms with van der Waals surface area (Å²) >= 11 is 1.37. The van der Waals surface area contributed by atoms with Crippen LogP contribution in [0.5, 0.6) is 0 Å². The molecule has 1 amide bonds. The van der Waals surface area contributed by atoms with Crippen LogP contribution in [0.3, 0.4) is 0 Å². The molecular weight excluding hydrogens is 250 g/mol. The van der Waals surface area contributed by atoms with Crippen molar-refractivity contribution in [3.05, 3.63) is 10.9 Å². The smallest absolute Gasteiger partial charge is 0.263 e. The molecule has 4 N–H and O–H groups in total. The first kappa shape index (κ1) is 13.2. The highest BCUT2D eigenvalue weighted by Gasteiger charge is 2.20. The minimum Gasteiger partial charge on any atom is -0.397 e. The van der Waals surface area contributed by atoms with E-state index in [4.69, 9.17) is 10.5 Å². The third-order valence-corrected chi connectivity index (χ3v) is 3.90. The number of nitrogens with one attached hydrogen (secondary N) is 2. The van der Waals surface area contributed by atoms with E-state index in [1.807, 2.05) is 0 Å². The van der Waals surface area contributed by atoms with Crippen molar-refractivity contribution >= 4 is 27.9 Å². The number of anilines is 2. The maximum Gasteiger partial charge on any atom is 0.263 e. The van der Waals surface area contributed by atoms with Gasteiger partial charge in [-0.2, -0.15) is 0 Å². The highest BCUT2D eigenvalue weighted by atomic mass is 32.1. The lowest BCUT2D eigenvalue weighted by Crippen LogP contribution is -2.17. The Hall–Kier alpha value is -1.27. The van der Waals surface area contributed by atoms with Crippen LogP contribution < -0.4 is 16.4 Å². The number of rotatable bonds is 7. The number of carbonyl (C=O) groups is 1. The van der Waals surface area contributed by atoms with Crippen molar-refractivity contribution in [2.75, 3.05) is 37.9 Å². The van der Waals surface area contributed by atoms with Crippen LogP contribution in [0.25, 0.3) is 0 Å². The van der Waals surface area contributed by atoms with E-state index >= 15 is 0 Å². The van der Waals surface area contributed by atoms with Crippen LogP contribution in [0.4, 0.5) is 10.7 Å². The van der Waals surface area contributed by atoms with Crippen LogP contribution in [-0.4, -0.2) is 32.7 Å². The number of nitrogens with two attached hydrogens (primary N) is 1. The topological polar surface area (TPSA) is 76.4 Å². The number of ether oxygens (including phenoxy) is 1. The molecule has 1 aliphatic rings. The maximum absolute atomic E-state index is 11.5. The lowest BCUT2D eigenvalue weighted by Gasteiger charge is -2.04. The van der Waals surface area contributed by atoms with Gasteiger partial charge in [-0.1, -0.05) is 0 Å². The van der Waals surface area contributed by atoms with E-state index in [-0.39, 0.29) is 5.91 Å². The third-order valence-electron chi connectivity index (χ3n) is 2.79.